The minimum Gasteiger partial charge on any atom is -0.353 e. The maximum atomic E-state index is 13.3. The van der Waals surface area contributed by atoms with E-state index in [2.05, 4.69) is 23.6 Å². The van der Waals surface area contributed by atoms with Crippen molar-refractivity contribution in [1.29, 1.82) is 0 Å². The molecule has 0 radical (unpaired) electrons. The summed E-state index contributed by atoms with van der Waals surface area (Å²) >= 11 is 7.64. The van der Waals surface area contributed by atoms with E-state index in [0.717, 1.165) is 66.8 Å². The zero-order valence-corrected chi connectivity index (χ0v) is 23.2. The second kappa shape index (κ2) is 10.4. The van der Waals surface area contributed by atoms with E-state index in [0.29, 0.717) is 13.1 Å². The number of hydrogen-bond acceptors (Lipinski definition) is 9. The number of rotatable bonds is 7. The molecule has 3 aromatic rings. The highest BCUT2D eigenvalue weighted by Crippen LogP contribution is 2.39. The Morgan fingerprint density at radius 3 is 2.57 bits per heavy atom. The number of nitro benzene ring substituents is 1. The first-order valence-corrected chi connectivity index (χ1v) is 15.1. The van der Waals surface area contributed by atoms with Gasteiger partial charge in [0.05, 0.1) is 15.2 Å². The Morgan fingerprint density at radius 2 is 1.89 bits per heavy atom. The van der Waals surface area contributed by atoms with Crippen LogP contribution in [0.2, 0.25) is 5.02 Å². The Morgan fingerprint density at radius 1 is 1.14 bits per heavy atom. The molecule has 1 aromatic carbocycles. The van der Waals surface area contributed by atoms with Crippen molar-refractivity contribution in [1.82, 2.24) is 19.2 Å². The van der Waals surface area contributed by atoms with Gasteiger partial charge in [-0.15, -0.1) is 11.3 Å². The van der Waals surface area contributed by atoms with Gasteiger partial charge in [0.25, 0.3) is 5.69 Å². The third kappa shape index (κ3) is 4.92. The maximum Gasteiger partial charge on any atom is 0.289 e. The quantitative estimate of drug-likeness (QED) is 0.311. The molecule has 4 heterocycles. The molecule has 13 heteroatoms. The van der Waals surface area contributed by atoms with Crippen molar-refractivity contribution >= 4 is 54.7 Å². The highest BCUT2D eigenvalue weighted by Gasteiger charge is 2.32. The number of aromatic nitrogens is 2. The molecule has 0 N–H and O–H groups in total. The van der Waals surface area contributed by atoms with Gasteiger partial charge in [0.15, 0.2) is 0 Å². The summed E-state index contributed by atoms with van der Waals surface area (Å²) in [5.74, 6) is 1.72. The minimum atomic E-state index is -3.90. The molecule has 0 aliphatic carbocycles. The number of sulfonamides is 1. The van der Waals surface area contributed by atoms with Gasteiger partial charge >= 0.3 is 0 Å². The van der Waals surface area contributed by atoms with Crippen LogP contribution in [0, 0.1) is 10.1 Å². The van der Waals surface area contributed by atoms with Crippen molar-refractivity contribution in [2.24, 2.45) is 0 Å². The summed E-state index contributed by atoms with van der Waals surface area (Å²) in [6, 6.07) is 3.61. The minimum absolute atomic E-state index is 0.0921. The van der Waals surface area contributed by atoms with E-state index >= 15 is 0 Å². The zero-order chi connectivity index (χ0) is 26.3. The number of hydrogen-bond donors (Lipinski definition) is 0. The van der Waals surface area contributed by atoms with Crippen molar-refractivity contribution in [3.8, 4) is 0 Å². The Hall–Kier alpha value is -2.38. The van der Waals surface area contributed by atoms with Crippen LogP contribution in [0.3, 0.4) is 0 Å². The first-order valence-electron chi connectivity index (χ1n) is 12.5. The van der Waals surface area contributed by atoms with Gasteiger partial charge in [-0.25, -0.2) is 18.4 Å². The Labute approximate surface area is 225 Å². The normalized spacial score (nSPS) is 17.3. The molecule has 0 saturated carbocycles. The average Bonchev–Trinajstić information content (AvgIpc) is 3.26. The average molecular weight is 565 g/mol. The van der Waals surface area contributed by atoms with Crippen LogP contribution in [0.25, 0.3) is 10.2 Å². The van der Waals surface area contributed by atoms with Crippen molar-refractivity contribution in [3.63, 3.8) is 0 Å². The fourth-order valence-electron chi connectivity index (χ4n) is 4.99. The SMILES string of the molecule is CCCc1nc(N2CCN(S(=O)(=O)c3ccc(Cl)c([N+](=O)[O-])c3)CC2)c2c3c(sc2n1)CN(CC)CC3. The molecule has 0 bridgehead atoms. The lowest BCUT2D eigenvalue weighted by atomic mass is 10.0. The van der Waals surface area contributed by atoms with Crippen LogP contribution in [0.15, 0.2) is 23.1 Å². The third-order valence-corrected chi connectivity index (χ3v) is 10.3. The maximum absolute atomic E-state index is 13.3. The van der Waals surface area contributed by atoms with Crippen LogP contribution in [-0.2, 0) is 29.4 Å². The lowest BCUT2D eigenvalue weighted by molar-refractivity contribution is -0.384. The van der Waals surface area contributed by atoms with Gasteiger partial charge in [-0.2, -0.15) is 4.31 Å². The fourth-order valence-corrected chi connectivity index (χ4v) is 7.89. The van der Waals surface area contributed by atoms with Gasteiger partial charge < -0.3 is 4.90 Å². The molecule has 0 atom stereocenters. The second-order valence-electron chi connectivity index (χ2n) is 9.28. The highest BCUT2D eigenvalue weighted by molar-refractivity contribution is 7.89. The van der Waals surface area contributed by atoms with Crippen molar-refractivity contribution in [3.05, 3.63) is 49.6 Å². The van der Waals surface area contributed by atoms with Crippen LogP contribution >= 0.6 is 22.9 Å². The number of likely N-dealkylation sites (N-methyl/N-ethyl adjacent to an activating group) is 1. The molecule has 1 fully saturated rings. The summed E-state index contributed by atoms with van der Waals surface area (Å²) < 4.78 is 28.0. The number of anilines is 1. The highest BCUT2D eigenvalue weighted by atomic mass is 35.5. The summed E-state index contributed by atoms with van der Waals surface area (Å²) in [4.78, 5) is 27.3. The molecule has 5 rings (SSSR count). The van der Waals surface area contributed by atoms with Crippen LogP contribution in [0.4, 0.5) is 11.5 Å². The molecule has 0 unspecified atom stereocenters. The van der Waals surface area contributed by atoms with E-state index in [1.165, 1.54) is 26.9 Å². The Balaban J connectivity index is 1.43. The summed E-state index contributed by atoms with van der Waals surface area (Å²) in [6.45, 7) is 8.68. The van der Waals surface area contributed by atoms with Gasteiger partial charge in [0.2, 0.25) is 10.0 Å². The molecule has 10 nitrogen and oxygen atoms in total. The summed E-state index contributed by atoms with van der Waals surface area (Å²) in [6.07, 6.45) is 2.69. The van der Waals surface area contributed by atoms with Crippen LogP contribution in [0.1, 0.15) is 36.5 Å². The lowest BCUT2D eigenvalue weighted by Crippen LogP contribution is -2.49. The first-order chi connectivity index (χ1) is 17.7. The smallest absolute Gasteiger partial charge is 0.289 e. The van der Waals surface area contributed by atoms with E-state index in [9.17, 15) is 18.5 Å². The number of benzene rings is 1. The number of fused-ring (bicyclic) bond motifs is 3. The largest absolute Gasteiger partial charge is 0.353 e. The summed E-state index contributed by atoms with van der Waals surface area (Å²) in [5.41, 5.74) is 0.906. The molecule has 37 heavy (non-hydrogen) atoms. The van der Waals surface area contributed by atoms with Crippen molar-refractivity contribution in [2.45, 2.75) is 44.6 Å². The standard InChI is InChI=1S/C24H29ClN6O4S2/c1-3-5-21-26-23(22-17-8-9-28(4-2)15-20(17)36-24(22)27-21)29-10-12-30(13-11-29)37(34,35)16-6-7-18(25)19(14-16)31(32)33/h6-7,14H,3-5,8-13,15H2,1-2H3. The van der Waals surface area contributed by atoms with E-state index in [4.69, 9.17) is 21.6 Å². The fraction of sp³-hybridized carbons (Fsp3) is 0.500. The van der Waals surface area contributed by atoms with E-state index in [1.54, 1.807) is 11.3 Å². The van der Waals surface area contributed by atoms with E-state index < -0.39 is 20.6 Å². The number of piperazine rings is 1. The monoisotopic (exact) mass is 564 g/mol. The lowest BCUT2D eigenvalue weighted by Gasteiger charge is -2.35. The molecule has 198 valence electrons. The van der Waals surface area contributed by atoms with Crippen LogP contribution in [0.5, 0.6) is 0 Å². The molecular formula is C24H29ClN6O4S2. The van der Waals surface area contributed by atoms with Crippen molar-refractivity contribution in [2.75, 3.05) is 44.2 Å². The second-order valence-corrected chi connectivity index (χ2v) is 12.7. The molecular weight excluding hydrogens is 536 g/mol. The predicted octanol–water partition coefficient (Wildman–Crippen LogP) is 4.09. The molecule has 1 saturated heterocycles. The number of thiophene rings is 1. The predicted molar refractivity (Wildman–Crippen MR) is 145 cm³/mol. The number of nitro groups is 1. The molecule has 2 aliphatic rings. The molecule has 0 amide bonds. The van der Waals surface area contributed by atoms with Gasteiger partial charge in [-0.05, 0) is 37.1 Å². The number of nitrogens with zero attached hydrogens (tertiary/aromatic N) is 6. The topological polar surface area (TPSA) is 113 Å². The van der Waals surface area contributed by atoms with E-state index in [1.807, 2.05) is 0 Å². The van der Waals surface area contributed by atoms with Crippen LogP contribution < -0.4 is 4.90 Å². The Kier molecular flexibility index (Phi) is 7.38. The van der Waals surface area contributed by atoms with Gasteiger partial charge in [0.1, 0.15) is 21.5 Å². The first kappa shape index (κ1) is 26.2. The molecule has 2 aliphatic heterocycles. The Bertz CT molecular complexity index is 1450. The number of aryl methyl sites for hydroxylation is 1. The van der Waals surface area contributed by atoms with Crippen LogP contribution in [-0.4, -0.2) is 71.8 Å². The summed E-state index contributed by atoms with van der Waals surface area (Å²) in [5, 5.41) is 12.3. The van der Waals surface area contributed by atoms with Gasteiger partial charge in [0, 0.05) is 56.6 Å². The van der Waals surface area contributed by atoms with E-state index in [-0.39, 0.29) is 23.0 Å². The molecule has 0 spiro atoms. The van der Waals surface area contributed by atoms with Gasteiger partial charge in [-0.1, -0.05) is 25.4 Å². The summed E-state index contributed by atoms with van der Waals surface area (Å²) in [7, 11) is -3.90. The number of halogens is 1. The van der Waals surface area contributed by atoms with Gasteiger partial charge in [-0.3, -0.25) is 15.0 Å². The van der Waals surface area contributed by atoms with Crippen molar-refractivity contribution < 1.29 is 13.3 Å². The molecule has 2 aromatic heterocycles. The zero-order valence-electron chi connectivity index (χ0n) is 20.8. The third-order valence-electron chi connectivity index (χ3n) is 7.02.